The summed E-state index contributed by atoms with van der Waals surface area (Å²) in [6.07, 6.45) is 1.16. The van der Waals surface area contributed by atoms with Crippen LogP contribution in [0.25, 0.3) is 0 Å². The summed E-state index contributed by atoms with van der Waals surface area (Å²) in [5, 5.41) is 7.59. The molecular formula is C30H43N3O6. The second kappa shape index (κ2) is 26.5. The molecule has 9 nitrogen and oxygen atoms in total. The van der Waals surface area contributed by atoms with Crippen LogP contribution in [-0.2, 0) is 14.2 Å². The number of para-hydroxylation sites is 3. The molecule has 3 aromatic carbocycles. The minimum absolute atomic E-state index is 0.448. The number of methoxy groups -OCH3 is 3. The van der Waals surface area contributed by atoms with Crippen LogP contribution in [0.5, 0.6) is 0 Å². The maximum atomic E-state index is 10.6. The van der Waals surface area contributed by atoms with Crippen LogP contribution in [0, 0.1) is 0 Å². The number of ether oxygens (including phenoxy) is 3. The molecule has 0 aliphatic heterocycles. The van der Waals surface area contributed by atoms with Gasteiger partial charge < -0.3 is 14.2 Å². The minimum atomic E-state index is -0.448. The SMILES string of the molecule is CCC.CCC.COC(=O)Nc1ccccc1.COC(=O)Nc1ccccc1.COC(=O)Nc1ccccc1. The number of nitrogens with one attached hydrogen (secondary N) is 3. The van der Waals surface area contributed by atoms with E-state index in [0.717, 1.165) is 17.1 Å². The van der Waals surface area contributed by atoms with E-state index in [0.29, 0.717) is 0 Å². The first-order chi connectivity index (χ1) is 18.8. The molecule has 3 aromatic rings. The first-order valence-corrected chi connectivity index (χ1v) is 12.5. The van der Waals surface area contributed by atoms with Gasteiger partial charge in [-0.15, -0.1) is 0 Å². The Morgan fingerprint density at radius 1 is 0.462 bits per heavy atom. The molecule has 0 saturated carbocycles. The van der Waals surface area contributed by atoms with Crippen molar-refractivity contribution < 1.29 is 28.6 Å². The topological polar surface area (TPSA) is 115 Å². The monoisotopic (exact) mass is 541 g/mol. The average Bonchev–Trinajstić information content (AvgIpc) is 2.96. The number of carbonyl (C=O) groups is 3. The standard InChI is InChI=1S/3C8H9NO2.2C3H8/c3*1-11-8(10)9-7-5-3-2-4-6-7;2*1-3-2/h3*2-6H,1H3,(H,9,10);2*3H2,1-2H3. The Labute approximate surface area is 232 Å². The zero-order chi connectivity index (χ0) is 29.7. The molecule has 0 aliphatic carbocycles. The van der Waals surface area contributed by atoms with Gasteiger partial charge in [-0.3, -0.25) is 16.0 Å². The van der Waals surface area contributed by atoms with Crippen molar-refractivity contribution in [2.75, 3.05) is 37.3 Å². The largest absolute Gasteiger partial charge is 0.453 e. The molecule has 0 aliphatic rings. The fraction of sp³-hybridized carbons (Fsp3) is 0.300. The van der Waals surface area contributed by atoms with Crippen molar-refractivity contribution in [1.29, 1.82) is 0 Å². The molecule has 39 heavy (non-hydrogen) atoms. The van der Waals surface area contributed by atoms with E-state index < -0.39 is 18.3 Å². The van der Waals surface area contributed by atoms with Gasteiger partial charge in [0.25, 0.3) is 0 Å². The van der Waals surface area contributed by atoms with E-state index in [4.69, 9.17) is 0 Å². The summed E-state index contributed by atoms with van der Waals surface area (Å²) in [6.45, 7) is 8.50. The van der Waals surface area contributed by atoms with Crippen molar-refractivity contribution in [2.24, 2.45) is 0 Å². The van der Waals surface area contributed by atoms with Crippen LogP contribution in [0.1, 0.15) is 40.5 Å². The molecular weight excluding hydrogens is 498 g/mol. The molecule has 3 N–H and O–H groups in total. The highest BCUT2D eigenvalue weighted by molar-refractivity contribution is 5.85. The molecule has 0 saturated heterocycles. The quantitative estimate of drug-likeness (QED) is 0.287. The Morgan fingerprint density at radius 3 is 0.795 bits per heavy atom. The van der Waals surface area contributed by atoms with Gasteiger partial charge in [-0.25, -0.2) is 14.4 Å². The van der Waals surface area contributed by atoms with Crippen molar-refractivity contribution in [3.05, 3.63) is 91.0 Å². The maximum absolute atomic E-state index is 10.6. The number of carbonyl (C=O) groups excluding carboxylic acids is 3. The van der Waals surface area contributed by atoms with E-state index in [-0.39, 0.29) is 0 Å². The number of anilines is 3. The number of hydrogen-bond donors (Lipinski definition) is 3. The highest BCUT2D eigenvalue weighted by Gasteiger charge is 1.98. The van der Waals surface area contributed by atoms with Crippen molar-refractivity contribution in [3.63, 3.8) is 0 Å². The van der Waals surface area contributed by atoms with E-state index >= 15 is 0 Å². The van der Waals surface area contributed by atoms with E-state index in [1.54, 1.807) is 36.4 Å². The van der Waals surface area contributed by atoms with Crippen LogP contribution in [0.15, 0.2) is 91.0 Å². The molecule has 3 rings (SSSR count). The third kappa shape index (κ3) is 23.6. The van der Waals surface area contributed by atoms with Crippen LogP contribution in [-0.4, -0.2) is 39.6 Å². The fourth-order valence-corrected chi connectivity index (χ4v) is 2.07. The van der Waals surface area contributed by atoms with Crippen LogP contribution >= 0.6 is 0 Å². The molecule has 0 atom stereocenters. The number of amides is 3. The lowest BCUT2D eigenvalue weighted by Gasteiger charge is -2.01. The second-order valence-electron chi connectivity index (χ2n) is 7.36. The summed E-state index contributed by atoms with van der Waals surface area (Å²) in [5.74, 6) is 0. The second-order valence-corrected chi connectivity index (χ2v) is 7.36. The minimum Gasteiger partial charge on any atom is -0.453 e. The van der Waals surface area contributed by atoms with Crippen molar-refractivity contribution in [1.82, 2.24) is 0 Å². The van der Waals surface area contributed by atoms with Gasteiger partial charge in [-0.05, 0) is 36.4 Å². The van der Waals surface area contributed by atoms with Gasteiger partial charge in [-0.2, -0.15) is 0 Å². The molecule has 9 heteroatoms. The fourth-order valence-electron chi connectivity index (χ4n) is 2.07. The summed E-state index contributed by atoms with van der Waals surface area (Å²) < 4.78 is 13.2. The first kappa shape index (κ1) is 36.6. The third-order valence-corrected chi connectivity index (χ3v) is 3.62. The lowest BCUT2D eigenvalue weighted by molar-refractivity contribution is 0.186. The Hall–Kier alpha value is -4.53. The van der Waals surface area contributed by atoms with E-state index in [1.807, 2.05) is 54.6 Å². The Bertz CT molecular complexity index is 858. The number of benzene rings is 3. The van der Waals surface area contributed by atoms with Gasteiger partial charge in [-0.1, -0.05) is 95.1 Å². The Morgan fingerprint density at radius 2 is 0.641 bits per heavy atom. The maximum Gasteiger partial charge on any atom is 0.411 e. The van der Waals surface area contributed by atoms with Gasteiger partial charge in [0.1, 0.15) is 0 Å². The summed E-state index contributed by atoms with van der Waals surface area (Å²) in [7, 11) is 3.99. The van der Waals surface area contributed by atoms with Gasteiger partial charge in [0, 0.05) is 17.1 Å². The molecule has 0 heterocycles. The molecule has 214 valence electrons. The van der Waals surface area contributed by atoms with Crippen LogP contribution in [0.2, 0.25) is 0 Å². The summed E-state index contributed by atoms with van der Waals surface area (Å²) in [6, 6.07) is 27.4. The molecule has 0 aromatic heterocycles. The van der Waals surface area contributed by atoms with E-state index in [2.05, 4.69) is 57.9 Å². The summed E-state index contributed by atoms with van der Waals surface area (Å²) >= 11 is 0. The highest BCUT2D eigenvalue weighted by Crippen LogP contribution is 2.06. The lowest BCUT2D eigenvalue weighted by atomic mass is 10.3. The predicted molar refractivity (Wildman–Crippen MR) is 159 cm³/mol. The molecule has 0 spiro atoms. The lowest BCUT2D eigenvalue weighted by Crippen LogP contribution is -2.10. The van der Waals surface area contributed by atoms with Crippen LogP contribution < -0.4 is 16.0 Å². The molecule has 0 bridgehead atoms. The Kier molecular flexibility index (Phi) is 24.9. The van der Waals surface area contributed by atoms with Crippen molar-refractivity contribution >= 4 is 35.3 Å². The van der Waals surface area contributed by atoms with Gasteiger partial charge in [0.2, 0.25) is 0 Å². The molecule has 0 fully saturated rings. The Balaban J connectivity index is 0. The third-order valence-electron chi connectivity index (χ3n) is 3.62. The molecule has 0 radical (unpaired) electrons. The number of hydrogen-bond acceptors (Lipinski definition) is 6. The van der Waals surface area contributed by atoms with Crippen LogP contribution in [0.4, 0.5) is 31.4 Å². The van der Waals surface area contributed by atoms with Crippen molar-refractivity contribution in [2.45, 2.75) is 40.5 Å². The summed E-state index contributed by atoms with van der Waals surface area (Å²) in [4.78, 5) is 31.9. The highest BCUT2D eigenvalue weighted by atomic mass is 16.5. The van der Waals surface area contributed by atoms with Crippen molar-refractivity contribution in [3.8, 4) is 0 Å². The average molecular weight is 542 g/mol. The smallest absolute Gasteiger partial charge is 0.411 e. The summed E-state index contributed by atoms with van der Waals surface area (Å²) in [5.41, 5.74) is 2.21. The van der Waals surface area contributed by atoms with E-state index in [1.165, 1.54) is 34.2 Å². The first-order valence-electron chi connectivity index (χ1n) is 12.5. The van der Waals surface area contributed by atoms with Crippen LogP contribution in [0.3, 0.4) is 0 Å². The predicted octanol–water partition coefficient (Wildman–Crippen LogP) is 8.43. The number of rotatable bonds is 3. The van der Waals surface area contributed by atoms with Gasteiger partial charge in [0.15, 0.2) is 0 Å². The van der Waals surface area contributed by atoms with Gasteiger partial charge >= 0.3 is 18.3 Å². The zero-order valence-corrected chi connectivity index (χ0v) is 24.0. The van der Waals surface area contributed by atoms with E-state index in [9.17, 15) is 14.4 Å². The normalized spacial score (nSPS) is 8.38. The molecule has 3 amide bonds. The molecule has 0 unspecified atom stereocenters. The zero-order valence-electron chi connectivity index (χ0n) is 24.0. The van der Waals surface area contributed by atoms with Gasteiger partial charge in [0.05, 0.1) is 21.3 Å².